The summed E-state index contributed by atoms with van der Waals surface area (Å²) in [5.41, 5.74) is 3.10. The first kappa shape index (κ1) is 23.6. The lowest BCUT2D eigenvalue weighted by Gasteiger charge is -2.18. The van der Waals surface area contributed by atoms with Crippen LogP contribution in [0, 0.1) is 20.8 Å². The largest absolute Gasteiger partial charge is 0.487 e. The molecule has 0 saturated heterocycles. The molecule has 4 heterocycles. The maximum Gasteiger partial charge on any atom is 0.261 e. The van der Waals surface area contributed by atoms with Crippen molar-refractivity contribution in [1.82, 2.24) is 24.5 Å². The number of hydrogen-bond donors (Lipinski definition) is 0. The molecule has 0 saturated carbocycles. The Bertz CT molecular complexity index is 1420. The van der Waals surface area contributed by atoms with Gasteiger partial charge < -0.3 is 9.15 Å². The fourth-order valence-electron chi connectivity index (χ4n) is 3.47. The highest BCUT2D eigenvalue weighted by Crippen LogP contribution is 2.28. The minimum atomic E-state index is -0.233. The number of aryl methyl sites for hydroxylation is 2. The van der Waals surface area contributed by atoms with Gasteiger partial charge in [0, 0.05) is 36.5 Å². The van der Waals surface area contributed by atoms with Gasteiger partial charge in [-0.15, -0.1) is 0 Å². The summed E-state index contributed by atoms with van der Waals surface area (Å²) >= 11 is 6.50. The van der Waals surface area contributed by atoms with Gasteiger partial charge >= 0.3 is 0 Å². The molecule has 0 amide bonds. The lowest BCUT2D eigenvalue weighted by molar-refractivity contribution is 0.297. The topological polar surface area (TPSA) is 95.9 Å². The fraction of sp³-hybridized carbons (Fsp3) is 0.320. The second kappa shape index (κ2) is 9.02. The van der Waals surface area contributed by atoms with Crippen molar-refractivity contribution < 1.29 is 9.15 Å². The summed E-state index contributed by atoms with van der Waals surface area (Å²) in [4.78, 5) is 31.1. The highest BCUT2D eigenvalue weighted by molar-refractivity contribution is 6.32. The Balaban J connectivity index is 1.73. The molecule has 8 nitrogen and oxygen atoms in total. The average Bonchev–Trinajstić information content (AvgIpc) is 3.21. The van der Waals surface area contributed by atoms with Crippen molar-refractivity contribution in [2.45, 2.75) is 53.6 Å². The van der Waals surface area contributed by atoms with Gasteiger partial charge in [-0.2, -0.15) is 0 Å². The Kier molecular flexibility index (Phi) is 6.27. The van der Waals surface area contributed by atoms with Gasteiger partial charge in [-0.3, -0.25) is 14.3 Å². The molecule has 0 aromatic carbocycles. The molecule has 4 aromatic rings. The number of halogens is 1. The first-order valence-electron chi connectivity index (χ1n) is 10.8. The number of pyridine rings is 2. The zero-order chi connectivity index (χ0) is 24.6. The first-order chi connectivity index (χ1) is 16.0. The molecule has 0 unspecified atom stereocenters. The highest BCUT2D eigenvalue weighted by Gasteiger charge is 2.20. The Morgan fingerprint density at radius 1 is 1.09 bits per heavy atom. The van der Waals surface area contributed by atoms with Crippen LogP contribution in [0.1, 0.15) is 49.4 Å². The van der Waals surface area contributed by atoms with E-state index in [9.17, 15) is 4.79 Å². The van der Waals surface area contributed by atoms with Crippen molar-refractivity contribution in [2.75, 3.05) is 0 Å². The van der Waals surface area contributed by atoms with Crippen molar-refractivity contribution in [1.29, 1.82) is 0 Å². The number of oxazole rings is 1. The molecule has 34 heavy (non-hydrogen) atoms. The third-order valence-corrected chi connectivity index (χ3v) is 5.58. The predicted octanol–water partition coefficient (Wildman–Crippen LogP) is 5.13. The molecule has 0 aliphatic carbocycles. The third-order valence-electron chi connectivity index (χ3n) is 5.29. The molecule has 0 fully saturated rings. The highest BCUT2D eigenvalue weighted by atomic mass is 35.5. The lowest BCUT2D eigenvalue weighted by atomic mass is 9.95. The second-order valence-electron chi connectivity index (χ2n) is 9.10. The Hall–Kier alpha value is -3.52. The van der Waals surface area contributed by atoms with Crippen molar-refractivity contribution in [3.05, 3.63) is 80.9 Å². The molecule has 4 rings (SSSR count). The summed E-state index contributed by atoms with van der Waals surface area (Å²) in [6.45, 7) is 11.7. The Morgan fingerprint density at radius 2 is 1.85 bits per heavy atom. The zero-order valence-corrected chi connectivity index (χ0v) is 20.8. The van der Waals surface area contributed by atoms with Crippen molar-refractivity contribution >= 4 is 11.6 Å². The van der Waals surface area contributed by atoms with Crippen LogP contribution in [0.5, 0.6) is 5.75 Å². The van der Waals surface area contributed by atoms with Gasteiger partial charge in [0.15, 0.2) is 5.89 Å². The molecular formula is C25H26ClN5O3. The zero-order valence-electron chi connectivity index (χ0n) is 20.0. The van der Waals surface area contributed by atoms with Gasteiger partial charge in [0.05, 0.1) is 27.7 Å². The van der Waals surface area contributed by atoms with Gasteiger partial charge in [0.2, 0.25) is 0 Å². The first-order valence-corrected chi connectivity index (χ1v) is 11.2. The quantitative estimate of drug-likeness (QED) is 0.391. The van der Waals surface area contributed by atoms with E-state index in [-0.39, 0.29) is 17.6 Å². The van der Waals surface area contributed by atoms with E-state index < -0.39 is 0 Å². The fourth-order valence-corrected chi connectivity index (χ4v) is 3.66. The van der Waals surface area contributed by atoms with Crippen molar-refractivity contribution in [3.8, 4) is 22.8 Å². The second-order valence-corrected chi connectivity index (χ2v) is 9.51. The maximum atomic E-state index is 13.4. The summed E-state index contributed by atoms with van der Waals surface area (Å²) in [5.74, 6) is 1.75. The minimum Gasteiger partial charge on any atom is -0.487 e. The van der Waals surface area contributed by atoms with Gasteiger partial charge in [0.25, 0.3) is 5.56 Å². The molecular weight excluding hydrogens is 454 g/mol. The molecule has 0 atom stereocenters. The summed E-state index contributed by atoms with van der Waals surface area (Å²) < 4.78 is 12.6. The molecule has 0 N–H and O–H groups in total. The molecule has 0 aliphatic heterocycles. The van der Waals surface area contributed by atoms with E-state index in [2.05, 4.69) is 19.9 Å². The van der Waals surface area contributed by atoms with Crippen LogP contribution in [-0.2, 0) is 12.0 Å². The van der Waals surface area contributed by atoms with Gasteiger partial charge in [-0.1, -0.05) is 32.4 Å². The van der Waals surface area contributed by atoms with Crippen LogP contribution in [0.4, 0.5) is 0 Å². The number of rotatable bonds is 5. The van der Waals surface area contributed by atoms with Crippen molar-refractivity contribution in [2.24, 2.45) is 0 Å². The molecule has 0 spiro atoms. The van der Waals surface area contributed by atoms with E-state index in [0.717, 1.165) is 0 Å². The van der Waals surface area contributed by atoms with E-state index >= 15 is 0 Å². The molecule has 4 aromatic heterocycles. The number of hydrogen-bond acceptors (Lipinski definition) is 7. The summed E-state index contributed by atoms with van der Waals surface area (Å²) in [6.07, 6.45) is 4.78. The van der Waals surface area contributed by atoms with E-state index in [1.807, 2.05) is 33.8 Å². The van der Waals surface area contributed by atoms with E-state index in [4.69, 9.17) is 20.8 Å². The molecule has 176 valence electrons. The standard InChI is InChI=1S/C25H26ClN5O3/c1-14-9-22(34-13-17-12-33-16(3)29-17)15(2)23(32)31(14)21-10-20(28-11-18(21)26)19-7-8-27-24(30-19)25(4,5)6/h7-12H,13H2,1-6H3. The van der Waals surface area contributed by atoms with E-state index in [1.54, 1.807) is 36.7 Å². The predicted molar refractivity (Wildman–Crippen MR) is 130 cm³/mol. The van der Waals surface area contributed by atoms with Crippen LogP contribution in [0.3, 0.4) is 0 Å². The molecule has 0 bridgehead atoms. The number of ether oxygens (including phenoxy) is 1. The van der Waals surface area contributed by atoms with Crippen LogP contribution in [0.25, 0.3) is 17.1 Å². The summed E-state index contributed by atoms with van der Waals surface area (Å²) in [7, 11) is 0. The lowest BCUT2D eigenvalue weighted by Crippen LogP contribution is -2.24. The van der Waals surface area contributed by atoms with Crippen LogP contribution in [-0.4, -0.2) is 24.5 Å². The molecule has 0 aliphatic rings. The van der Waals surface area contributed by atoms with E-state index in [0.29, 0.717) is 56.5 Å². The van der Waals surface area contributed by atoms with E-state index in [1.165, 1.54) is 12.5 Å². The summed E-state index contributed by atoms with van der Waals surface area (Å²) in [6, 6.07) is 5.37. The molecule has 0 radical (unpaired) electrons. The smallest absolute Gasteiger partial charge is 0.261 e. The number of nitrogens with zero attached hydrogens (tertiary/aromatic N) is 5. The molecule has 9 heteroatoms. The van der Waals surface area contributed by atoms with Gasteiger partial charge in [-0.25, -0.2) is 15.0 Å². The van der Waals surface area contributed by atoms with Crippen LogP contribution >= 0.6 is 11.6 Å². The van der Waals surface area contributed by atoms with Crippen LogP contribution in [0.15, 0.2) is 46.1 Å². The Morgan fingerprint density at radius 3 is 2.53 bits per heavy atom. The van der Waals surface area contributed by atoms with Crippen molar-refractivity contribution in [3.63, 3.8) is 0 Å². The average molecular weight is 480 g/mol. The van der Waals surface area contributed by atoms with Gasteiger partial charge in [-0.05, 0) is 26.0 Å². The number of aromatic nitrogens is 5. The maximum absolute atomic E-state index is 13.4. The third kappa shape index (κ3) is 4.72. The monoisotopic (exact) mass is 479 g/mol. The van der Waals surface area contributed by atoms with Crippen LogP contribution in [0.2, 0.25) is 5.02 Å². The normalized spacial score (nSPS) is 11.6. The Labute approximate surface area is 202 Å². The summed E-state index contributed by atoms with van der Waals surface area (Å²) in [5, 5.41) is 0.352. The SMILES string of the molecule is Cc1nc(COc2cc(C)n(-c3cc(-c4ccnc(C(C)(C)C)n4)ncc3Cl)c(=O)c2C)co1. The van der Waals surface area contributed by atoms with Gasteiger partial charge in [0.1, 0.15) is 30.1 Å². The minimum absolute atomic E-state index is 0.199. The van der Waals surface area contributed by atoms with Crippen LogP contribution < -0.4 is 10.3 Å².